The van der Waals surface area contributed by atoms with Crippen molar-refractivity contribution in [2.75, 3.05) is 5.32 Å². The van der Waals surface area contributed by atoms with Crippen LogP contribution in [0, 0.1) is 18.3 Å². The summed E-state index contributed by atoms with van der Waals surface area (Å²) < 4.78 is 0. The molecule has 0 saturated heterocycles. The largest absolute Gasteiger partial charge is 0.381 e. The third-order valence-electron chi connectivity index (χ3n) is 2.46. The lowest BCUT2D eigenvalue weighted by Gasteiger charge is -2.05. The zero-order valence-corrected chi connectivity index (χ0v) is 9.84. The minimum absolute atomic E-state index is 0.692. The highest BCUT2D eigenvalue weighted by molar-refractivity contribution is 7.08. The Labute approximate surface area is 99.2 Å². The van der Waals surface area contributed by atoms with Gasteiger partial charge in [-0.05, 0) is 53.1 Å². The number of nitrogens with one attached hydrogen (secondary N) is 1. The van der Waals surface area contributed by atoms with Crippen LogP contribution in [0.5, 0.6) is 0 Å². The van der Waals surface area contributed by atoms with Crippen molar-refractivity contribution < 1.29 is 0 Å². The Morgan fingerprint density at radius 1 is 1.25 bits per heavy atom. The van der Waals surface area contributed by atoms with E-state index in [1.807, 2.05) is 24.3 Å². The second-order valence-corrected chi connectivity index (χ2v) is 4.37. The number of nitriles is 1. The van der Waals surface area contributed by atoms with E-state index in [-0.39, 0.29) is 0 Å². The minimum atomic E-state index is 0.692. The third kappa shape index (κ3) is 2.41. The summed E-state index contributed by atoms with van der Waals surface area (Å²) in [6.07, 6.45) is 0. The smallest absolute Gasteiger partial charge is 0.0991 e. The number of aryl methyl sites for hydroxylation is 1. The number of rotatable bonds is 3. The molecule has 2 nitrogen and oxygen atoms in total. The summed E-state index contributed by atoms with van der Waals surface area (Å²) in [5, 5.41) is 16.3. The molecule has 0 saturated carbocycles. The molecule has 0 aliphatic rings. The summed E-state index contributed by atoms with van der Waals surface area (Å²) in [6.45, 7) is 2.95. The highest BCUT2D eigenvalue weighted by atomic mass is 32.1. The number of benzene rings is 1. The average molecular weight is 228 g/mol. The summed E-state index contributed by atoms with van der Waals surface area (Å²) in [5.41, 5.74) is 4.39. The van der Waals surface area contributed by atoms with Crippen molar-refractivity contribution in [2.24, 2.45) is 0 Å². The monoisotopic (exact) mass is 228 g/mol. The van der Waals surface area contributed by atoms with Crippen molar-refractivity contribution in [3.63, 3.8) is 0 Å². The highest BCUT2D eigenvalue weighted by Gasteiger charge is 1.99. The van der Waals surface area contributed by atoms with Gasteiger partial charge in [0, 0.05) is 12.2 Å². The number of hydrogen-bond donors (Lipinski definition) is 1. The van der Waals surface area contributed by atoms with E-state index in [2.05, 4.69) is 29.1 Å². The van der Waals surface area contributed by atoms with Gasteiger partial charge in [0.1, 0.15) is 0 Å². The van der Waals surface area contributed by atoms with Crippen molar-refractivity contribution >= 4 is 17.0 Å². The second-order valence-electron chi connectivity index (χ2n) is 3.62. The predicted octanol–water partition coefficient (Wildman–Crippen LogP) is 3.54. The van der Waals surface area contributed by atoms with Crippen molar-refractivity contribution in [3.8, 4) is 6.07 Å². The normalized spacial score (nSPS) is 9.75. The van der Waals surface area contributed by atoms with Crippen LogP contribution in [0.25, 0.3) is 0 Å². The molecule has 1 heterocycles. The Balaban J connectivity index is 2.00. The van der Waals surface area contributed by atoms with Crippen molar-refractivity contribution in [3.05, 3.63) is 51.7 Å². The molecular weight excluding hydrogens is 216 g/mol. The maximum atomic E-state index is 8.68. The van der Waals surface area contributed by atoms with Crippen LogP contribution in [0.4, 0.5) is 5.69 Å². The van der Waals surface area contributed by atoms with Crippen LogP contribution in [0.2, 0.25) is 0 Å². The van der Waals surface area contributed by atoms with Gasteiger partial charge in [0.05, 0.1) is 11.6 Å². The van der Waals surface area contributed by atoms with Gasteiger partial charge in [0.2, 0.25) is 0 Å². The summed E-state index contributed by atoms with van der Waals surface area (Å²) >= 11 is 1.72. The van der Waals surface area contributed by atoms with Crippen LogP contribution in [0.15, 0.2) is 35.0 Å². The Morgan fingerprint density at radius 3 is 2.56 bits per heavy atom. The molecule has 16 heavy (non-hydrogen) atoms. The van der Waals surface area contributed by atoms with Gasteiger partial charge in [-0.1, -0.05) is 0 Å². The molecule has 0 fully saturated rings. The maximum Gasteiger partial charge on any atom is 0.0991 e. The van der Waals surface area contributed by atoms with Crippen molar-refractivity contribution in [1.82, 2.24) is 0 Å². The second kappa shape index (κ2) is 4.82. The van der Waals surface area contributed by atoms with E-state index < -0.39 is 0 Å². The Hall–Kier alpha value is -1.79. The van der Waals surface area contributed by atoms with Crippen molar-refractivity contribution in [2.45, 2.75) is 13.5 Å². The van der Waals surface area contributed by atoms with E-state index in [1.165, 1.54) is 11.1 Å². The fourth-order valence-corrected chi connectivity index (χ4v) is 2.28. The summed E-state index contributed by atoms with van der Waals surface area (Å²) in [4.78, 5) is 0. The first-order chi connectivity index (χ1) is 7.79. The van der Waals surface area contributed by atoms with Crippen LogP contribution >= 0.6 is 11.3 Å². The lowest BCUT2D eigenvalue weighted by molar-refractivity contribution is 1.14. The van der Waals surface area contributed by atoms with Crippen molar-refractivity contribution in [1.29, 1.82) is 5.26 Å². The Bertz CT molecular complexity index is 505. The van der Waals surface area contributed by atoms with E-state index in [9.17, 15) is 0 Å². The first-order valence-electron chi connectivity index (χ1n) is 5.05. The van der Waals surface area contributed by atoms with Gasteiger partial charge in [-0.2, -0.15) is 16.6 Å². The Kier molecular flexibility index (Phi) is 3.23. The third-order valence-corrected chi connectivity index (χ3v) is 3.37. The van der Waals surface area contributed by atoms with Crippen LogP contribution in [-0.2, 0) is 6.54 Å². The molecule has 2 aromatic rings. The quantitative estimate of drug-likeness (QED) is 0.872. The fourth-order valence-electron chi connectivity index (χ4n) is 1.43. The van der Waals surface area contributed by atoms with E-state index in [4.69, 9.17) is 5.26 Å². The summed E-state index contributed by atoms with van der Waals surface area (Å²) in [6, 6.07) is 9.61. The Morgan fingerprint density at radius 2 is 2.00 bits per heavy atom. The first-order valence-corrected chi connectivity index (χ1v) is 5.99. The van der Waals surface area contributed by atoms with Gasteiger partial charge >= 0.3 is 0 Å². The van der Waals surface area contributed by atoms with Crippen LogP contribution < -0.4 is 5.32 Å². The molecule has 1 N–H and O–H groups in total. The molecular formula is C13H12N2S. The molecule has 80 valence electrons. The molecule has 3 heteroatoms. The summed E-state index contributed by atoms with van der Waals surface area (Å²) in [5.74, 6) is 0. The van der Waals surface area contributed by atoms with Gasteiger partial charge < -0.3 is 5.32 Å². The number of hydrogen-bond acceptors (Lipinski definition) is 3. The van der Waals surface area contributed by atoms with Gasteiger partial charge in [0.25, 0.3) is 0 Å². The lowest BCUT2D eigenvalue weighted by Crippen LogP contribution is -1.99. The first kappa shape index (κ1) is 10.7. The molecule has 0 radical (unpaired) electrons. The number of thiophene rings is 1. The highest BCUT2D eigenvalue weighted by Crippen LogP contribution is 2.16. The lowest BCUT2D eigenvalue weighted by atomic mass is 10.2. The van der Waals surface area contributed by atoms with Gasteiger partial charge in [-0.15, -0.1) is 0 Å². The molecule has 0 bridgehead atoms. The molecule has 0 aliphatic carbocycles. The molecule has 0 amide bonds. The maximum absolute atomic E-state index is 8.68. The molecule has 1 aromatic heterocycles. The molecule has 1 aromatic carbocycles. The average Bonchev–Trinajstić information content (AvgIpc) is 2.73. The standard InChI is InChI=1S/C13H12N2S/c1-10-8-16-9-12(10)7-15-13-4-2-11(6-14)3-5-13/h2-5,8-9,15H,7H2,1H3. The number of anilines is 1. The predicted molar refractivity (Wildman–Crippen MR) is 67.5 cm³/mol. The minimum Gasteiger partial charge on any atom is -0.381 e. The molecule has 0 aliphatic heterocycles. The van der Waals surface area contributed by atoms with Crippen LogP contribution in [0.1, 0.15) is 16.7 Å². The van der Waals surface area contributed by atoms with E-state index in [1.54, 1.807) is 11.3 Å². The molecule has 0 atom stereocenters. The zero-order chi connectivity index (χ0) is 11.4. The van der Waals surface area contributed by atoms with Gasteiger partial charge in [-0.25, -0.2) is 0 Å². The molecule has 2 rings (SSSR count). The molecule has 0 unspecified atom stereocenters. The topological polar surface area (TPSA) is 35.8 Å². The summed E-state index contributed by atoms with van der Waals surface area (Å²) in [7, 11) is 0. The van der Waals surface area contributed by atoms with E-state index >= 15 is 0 Å². The van der Waals surface area contributed by atoms with Crippen LogP contribution in [-0.4, -0.2) is 0 Å². The molecule has 0 spiro atoms. The van der Waals surface area contributed by atoms with E-state index in [0.29, 0.717) is 5.56 Å². The van der Waals surface area contributed by atoms with Gasteiger partial charge in [-0.3, -0.25) is 0 Å². The fraction of sp³-hybridized carbons (Fsp3) is 0.154. The van der Waals surface area contributed by atoms with Crippen LogP contribution in [0.3, 0.4) is 0 Å². The van der Waals surface area contributed by atoms with E-state index in [0.717, 1.165) is 12.2 Å². The van der Waals surface area contributed by atoms with Gasteiger partial charge in [0.15, 0.2) is 0 Å². The zero-order valence-electron chi connectivity index (χ0n) is 9.03. The SMILES string of the molecule is Cc1cscc1CNc1ccc(C#N)cc1. The number of nitrogens with zero attached hydrogens (tertiary/aromatic N) is 1.